The number of carbonyl (C=O) groups is 1. The molecule has 2 aromatic carbocycles. The first-order valence-corrected chi connectivity index (χ1v) is 12.0. The highest BCUT2D eigenvalue weighted by atomic mass is 16.1. The zero-order chi connectivity index (χ0) is 22.6. The van der Waals surface area contributed by atoms with Crippen LogP contribution in [0.15, 0.2) is 42.0 Å². The lowest BCUT2D eigenvalue weighted by atomic mass is 9.68. The Bertz CT molecular complexity index is 1170. The molecule has 0 unspecified atom stereocenters. The van der Waals surface area contributed by atoms with Gasteiger partial charge in [0.1, 0.15) is 0 Å². The van der Waals surface area contributed by atoms with Crippen molar-refractivity contribution in [2.45, 2.75) is 64.8 Å². The van der Waals surface area contributed by atoms with Gasteiger partial charge in [-0.15, -0.1) is 0 Å². The van der Waals surface area contributed by atoms with Gasteiger partial charge in [0.05, 0.1) is 11.6 Å². The van der Waals surface area contributed by atoms with E-state index >= 15 is 0 Å². The van der Waals surface area contributed by atoms with Crippen LogP contribution in [-0.4, -0.2) is 29.8 Å². The molecule has 0 saturated carbocycles. The molecule has 0 radical (unpaired) electrons. The van der Waals surface area contributed by atoms with Crippen LogP contribution in [0, 0.1) is 17.2 Å². The van der Waals surface area contributed by atoms with Crippen LogP contribution < -0.4 is 0 Å². The molecule has 1 heterocycles. The van der Waals surface area contributed by atoms with E-state index < -0.39 is 0 Å². The Balaban J connectivity index is 1.44. The highest BCUT2D eigenvalue weighted by Crippen LogP contribution is 2.50. The number of benzene rings is 2. The minimum Gasteiger partial charge on any atom is -0.301 e. The van der Waals surface area contributed by atoms with E-state index in [4.69, 9.17) is 0 Å². The van der Waals surface area contributed by atoms with Crippen LogP contribution in [-0.2, 0) is 18.3 Å². The molecule has 0 bridgehead atoms. The summed E-state index contributed by atoms with van der Waals surface area (Å²) >= 11 is 0. The van der Waals surface area contributed by atoms with Crippen LogP contribution in [0.1, 0.15) is 78.7 Å². The van der Waals surface area contributed by atoms with Crippen molar-refractivity contribution in [2.24, 2.45) is 5.92 Å². The minimum atomic E-state index is -0.193. The maximum Gasteiger partial charge on any atom is 0.193 e. The predicted octanol–water partition coefficient (Wildman–Crippen LogP) is 5.70. The first-order valence-electron chi connectivity index (χ1n) is 12.0. The molecule has 1 aliphatic heterocycles. The molecule has 5 rings (SSSR count). The molecule has 0 aromatic heterocycles. The van der Waals surface area contributed by atoms with Crippen molar-refractivity contribution in [1.82, 2.24) is 4.90 Å². The number of nitrogens with zero attached hydrogens (tertiary/aromatic N) is 2. The Labute approximate surface area is 191 Å². The topological polar surface area (TPSA) is 44.1 Å². The van der Waals surface area contributed by atoms with Gasteiger partial charge in [0.2, 0.25) is 0 Å². The molecule has 0 atom stereocenters. The van der Waals surface area contributed by atoms with Gasteiger partial charge in [-0.2, -0.15) is 5.26 Å². The lowest BCUT2D eigenvalue weighted by Crippen LogP contribution is -2.38. The molecule has 0 N–H and O–H groups in total. The Kier molecular flexibility index (Phi) is 5.10. The molecule has 164 valence electrons. The van der Waals surface area contributed by atoms with Gasteiger partial charge in [0.15, 0.2) is 5.78 Å². The van der Waals surface area contributed by atoms with Crippen LogP contribution >= 0.6 is 0 Å². The van der Waals surface area contributed by atoms with Gasteiger partial charge >= 0.3 is 0 Å². The van der Waals surface area contributed by atoms with Gasteiger partial charge in [-0.1, -0.05) is 38.1 Å². The number of piperidine rings is 1. The second-order valence-electron chi connectivity index (χ2n) is 10.6. The Morgan fingerprint density at radius 1 is 1.09 bits per heavy atom. The molecule has 32 heavy (non-hydrogen) atoms. The number of fused-ring (bicyclic) bond motifs is 3. The van der Waals surface area contributed by atoms with Crippen molar-refractivity contribution < 1.29 is 4.79 Å². The van der Waals surface area contributed by atoms with Crippen LogP contribution in [0.25, 0.3) is 5.57 Å². The average Bonchev–Trinajstić information content (AvgIpc) is 3.18. The average molecular weight is 425 g/mol. The van der Waals surface area contributed by atoms with Gasteiger partial charge in [-0.25, -0.2) is 0 Å². The second-order valence-corrected chi connectivity index (χ2v) is 10.6. The van der Waals surface area contributed by atoms with Crippen LogP contribution in [0.2, 0.25) is 0 Å². The summed E-state index contributed by atoms with van der Waals surface area (Å²) in [6.45, 7) is 11.5. The summed E-state index contributed by atoms with van der Waals surface area (Å²) in [5.74, 6) is 0.870. The number of hydrogen-bond acceptors (Lipinski definition) is 3. The molecular formula is C29H32N2O. The number of rotatable bonds is 3. The normalized spacial score (nSPS) is 20.2. The first-order chi connectivity index (χ1) is 15.3. The van der Waals surface area contributed by atoms with Gasteiger partial charge in [-0.3, -0.25) is 4.79 Å². The number of hydrogen-bond donors (Lipinski definition) is 0. The number of likely N-dealkylation sites (tertiary alicyclic amines) is 1. The van der Waals surface area contributed by atoms with E-state index in [-0.39, 0.29) is 11.2 Å². The van der Waals surface area contributed by atoms with Crippen molar-refractivity contribution in [3.05, 3.63) is 75.4 Å². The molecular weight excluding hydrogens is 392 g/mol. The third-order valence-electron chi connectivity index (χ3n) is 8.06. The summed E-state index contributed by atoms with van der Waals surface area (Å²) in [6.07, 6.45) is 4.37. The van der Waals surface area contributed by atoms with E-state index in [0.717, 1.165) is 41.0 Å². The largest absolute Gasteiger partial charge is 0.301 e. The van der Waals surface area contributed by atoms with E-state index in [2.05, 4.69) is 56.9 Å². The quantitative estimate of drug-likeness (QED) is 0.634. The number of allylic oxidation sites excluding steroid dienone is 2. The molecule has 2 aliphatic carbocycles. The molecule has 1 fully saturated rings. The zero-order valence-corrected chi connectivity index (χ0v) is 19.7. The lowest BCUT2D eigenvalue weighted by Gasteiger charge is -2.36. The second kappa shape index (κ2) is 7.71. The minimum absolute atomic E-state index is 0.148. The van der Waals surface area contributed by atoms with Crippen molar-refractivity contribution in [3.8, 4) is 6.07 Å². The Morgan fingerprint density at radius 2 is 1.81 bits per heavy atom. The smallest absolute Gasteiger partial charge is 0.193 e. The van der Waals surface area contributed by atoms with E-state index in [9.17, 15) is 10.1 Å². The fraction of sp³-hybridized carbons (Fsp3) is 0.448. The fourth-order valence-electron chi connectivity index (χ4n) is 6.03. The fourth-order valence-corrected chi connectivity index (χ4v) is 6.03. The SMILES string of the molecule is CC(C)N1CCC(Cc2ccc3c(c2)C(C)(C)C2=C(C3=O)c3ccc(C#N)cc3C2)CC1. The maximum atomic E-state index is 13.6. The molecule has 0 spiro atoms. The van der Waals surface area contributed by atoms with E-state index in [0.29, 0.717) is 11.6 Å². The third-order valence-corrected chi connectivity index (χ3v) is 8.06. The van der Waals surface area contributed by atoms with E-state index in [1.165, 1.54) is 42.6 Å². The molecule has 2 aromatic rings. The zero-order valence-electron chi connectivity index (χ0n) is 19.7. The van der Waals surface area contributed by atoms with Crippen LogP contribution in [0.5, 0.6) is 0 Å². The van der Waals surface area contributed by atoms with Crippen LogP contribution in [0.4, 0.5) is 0 Å². The van der Waals surface area contributed by atoms with Gasteiger partial charge < -0.3 is 4.90 Å². The summed E-state index contributed by atoms with van der Waals surface area (Å²) < 4.78 is 0. The number of ketones is 1. The van der Waals surface area contributed by atoms with Crippen molar-refractivity contribution in [2.75, 3.05) is 13.1 Å². The van der Waals surface area contributed by atoms with Crippen LogP contribution in [0.3, 0.4) is 0 Å². The summed E-state index contributed by atoms with van der Waals surface area (Å²) in [6, 6.07) is 15.2. The molecule has 3 aliphatic rings. The monoisotopic (exact) mass is 424 g/mol. The number of carbonyl (C=O) groups excluding carboxylic acids is 1. The summed E-state index contributed by atoms with van der Waals surface area (Å²) in [5, 5.41) is 9.30. The number of Topliss-reactive ketones (excluding diaryl/α,β-unsaturated/α-hetero) is 1. The highest BCUT2D eigenvalue weighted by molar-refractivity contribution is 6.33. The maximum absolute atomic E-state index is 13.6. The van der Waals surface area contributed by atoms with Crippen molar-refractivity contribution in [3.63, 3.8) is 0 Å². The lowest BCUT2D eigenvalue weighted by molar-refractivity contribution is 0.105. The molecule has 1 saturated heterocycles. The summed E-state index contributed by atoms with van der Waals surface area (Å²) in [4.78, 5) is 16.2. The molecule has 0 amide bonds. The van der Waals surface area contributed by atoms with Crippen molar-refractivity contribution >= 4 is 11.4 Å². The Morgan fingerprint density at radius 3 is 2.50 bits per heavy atom. The molecule has 3 heteroatoms. The third kappa shape index (κ3) is 3.33. The standard InChI is InChI=1S/C29H32N2O/c1-18(2)31-11-9-19(10-12-31)13-20-5-8-24-25(15-20)29(3,4)26-16-22-14-21(17-30)6-7-23(22)27(26)28(24)32/h5-8,14-15,18-19H,9-13,16H2,1-4H3. The van der Waals surface area contributed by atoms with Crippen molar-refractivity contribution in [1.29, 1.82) is 5.26 Å². The highest BCUT2D eigenvalue weighted by Gasteiger charge is 2.42. The Hall–Kier alpha value is -2.70. The van der Waals surface area contributed by atoms with Gasteiger partial charge in [0, 0.05) is 22.6 Å². The summed E-state index contributed by atoms with van der Waals surface area (Å²) in [5.41, 5.74) is 8.07. The summed E-state index contributed by atoms with van der Waals surface area (Å²) in [7, 11) is 0. The van der Waals surface area contributed by atoms with Gasteiger partial charge in [-0.05, 0) is 98.5 Å². The van der Waals surface area contributed by atoms with E-state index in [1.807, 2.05) is 18.2 Å². The number of nitriles is 1. The molecule has 3 nitrogen and oxygen atoms in total. The van der Waals surface area contributed by atoms with Gasteiger partial charge in [0.25, 0.3) is 0 Å². The predicted molar refractivity (Wildman–Crippen MR) is 129 cm³/mol. The first kappa shape index (κ1) is 21.2. The van der Waals surface area contributed by atoms with E-state index in [1.54, 1.807) is 0 Å².